The molecule has 0 N–H and O–H groups in total. The van der Waals surface area contributed by atoms with E-state index in [9.17, 15) is 13.2 Å². The normalized spacial score (nSPS) is 11.9. The van der Waals surface area contributed by atoms with Crippen LogP contribution in [0.3, 0.4) is 0 Å². The van der Waals surface area contributed by atoms with Crippen LogP contribution in [-0.4, -0.2) is 7.11 Å². The van der Waals surface area contributed by atoms with E-state index >= 15 is 0 Å². The molecule has 0 saturated heterocycles. The lowest BCUT2D eigenvalue weighted by molar-refractivity contribution is -0.185. The number of hydrogen-bond donors (Lipinski definition) is 0. The fourth-order valence-corrected chi connectivity index (χ4v) is 2.63. The summed E-state index contributed by atoms with van der Waals surface area (Å²) in [6.45, 7) is 1.79. The summed E-state index contributed by atoms with van der Waals surface area (Å²) in [6.07, 6.45) is -0.141. The zero-order valence-electron chi connectivity index (χ0n) is 14.3. The molecule has 0 heterocycles. The van der Waals surface area contributed by atoms with Gasteiger partial charge in [0.1, 0.15) is 17.3 Å². The number of ether oxygens (including phenoxy) is 2. The Morgan fingerprint density at radius 1 is 0.885 bits per heavy atom. The van der Waals surface area contributed by atoms with Gasteiger partial charge in [0, 0.05) is 5.56 Å². The Bertz CT molecular complexity index is 947. The Kier molecular flexibility index (Phi) is 4.89. The maximum absolute atomic E-state index is 14.4. The highest BCUT2D eigenvalue weighted by Gasteiger charge is 2.34. The average Bonchev–Trinajstić information content (AvgIpc) is 2.62. The zero-order valence-corrected chi connectivity index (χ0v) is 14.3. The van der Waals surface area contributed by atoms with Crippen molar-refractivity contribution in [2.75, 3.05) is 7.11 Å². The molecule has 3 rings (SSSR count). The summed E-state index contributed by atoms with van der Waals surface area (Å²) in [5, 5.41) is 1.22. The molecule has 2 nitrogen and oxygen atoms in total. The number of hydrogen-bond acceptors (Lipinski definition) is 2. The fourth-order valence-electron chi connectivity index (χ4n) is 2.63. The van der Waals surface area contributed by atoms with Gasteiger partial charge in [-0.2, -0.15) is 8.78 Å². The van der Waals surface area contributed by atoms with Gasteiger partial charge < -0.3 is 9.47 Å². The minimum absolute atomic E-state index is 0.0449. The highest BCUT2D eigenvalue weighted by atomic mass is 19.3. The van der Waals surface area contributed by atoms with Gasteiger partial charge in [-0.1, -0.05) is 18.2 Å². The Hall–Kier alpha value is -2.95. The molecular formula is C21H17F3O2. The van der Waals surface area contributed by atoms with Crippen molar-refractivity contribution in [1.82, 2.24) is 0 Å². The van der Waals surface area contributed by atoms with Crippen LogP contribution in [0.4, 0.5) is 13.2 Å². The van der Waals surface area contributed by atoms with E-state index < -0.39 is 11.9 Å². The molecule has 0 amide bonds. The summed E-state index contributed by atoms with van der Waals surface area (Å²) >= 11 is 0. The molecule has 0 aliphatic heterocycles. The van der Waals surface area contributed by atoms with Crippen molar-refractivity contribution in [2.24, 2.45) is 0 Å². The SMILES string of the molecule is C/C=C/c1cc2ccc(OC(F)(F)c3ccc(OC)cc3)cc2cc1F. The third kappa shape index (κ3) is 3.67. The maximum atomic E-state index is 14.4. The van der Waals surface area contributed by atoms with Crippen molar-refractivity contribution in [3.8, 4) is 11.5 Å². The Labute approximate surface area is 149 Å². The van der Waals surface area contributed by atoms with Crippen LogP contribution >= 0.6 is 0 Å². The minimum atomic E-state index is -3.52. The number of alkyl halides is 2. The Morgan fingerprint density at radius 3 is 2.23 bits per heavy atom. The van der Waals surface area contributed by atoms with E-state index in [2.05, 4.69) is 0 Å². The Morgan fingerprint density at radius 2 is 1.58 bits per heavy atom. The zero-order chi connectivity index (χ0) is 18.7. The largest absolute Gasteiger partial charge is 0.497 e. The topological polar surface area (TPSA) is 18.5 Å². The number of halogens is 3. The van der Waals surface area contributed by atoms with Gasteiger partial charge in [-0.15, -0.1) is 0 Å². The fraction of sp³-hybridized carbons (Fsp3) is 0.143. The van der Waals surface area contributed by atoms with Crippen LogP contribution in [0.5, 0.6) is 11.5 Å². The third-order valence-corrected chi connectivity index (χ3v) is 3.95. The van der Waals surface area contributed by atoms with Crippen LogP contribution in [-0.2, 0) is 6.11 Å². The summed E-state index contributed by atoms with van der Waals surface area (Å²) < 4.78 is 52.6. The van der Waals surface area contributed by atoms with Crippen molar-refractivity contribution < 1.29 is 22.6 Å². The van der Waals surface area contributed by atoms with E-state index in [0.29, 0.717) is 16.7 Å². The van der Waals surface area contributed by atoms with Crippen molar-refractivity contribution in [3.63, 3.8) is 0 Å². The molecule has 0 unspecified atom stereocenters. The smallest absolute Gasteiger partial charge is 0.426 e. The molecule has 0 fully saturated rings. The number of benzene rings is 3. The molecule has 0 aromatic heterocycles. The predicted octanol–water partition coefficient (Wildman–Crippen LogP) is 6.15. The van der Waals surface area contributed by atoms with Crippen LogP contribution in [0.2, 0.25) is 0 Å². The van der Waals surface area contributed by atoms with Crippen molar-refractivity contribution >= 4 is 16.8 Å². The lowest BCUT2D eigenvalue weighted by Gasteiger charge is -2.19. The molecule has 0 aliphatic rings. The molecule has 3 aromatic carbocycles. The average molecular weight is 358 g/mol. The van der Waals surface area contributed by atoms with E-state index in [0.717, 1.165) is 5.39 Å². The van der Waals surface area contributed by atoms with Gasteiger partial charge >= 0.3 is 6.11 Å². The quantitative estimate of drug-likeness (QED) is 0.545. The molecule has 0 spiro atoms. The first-order chi connectivity index (χ1) is 12.4. The lowest BCUT2D eigenvalue weighted by Crippen LogP contribution is -2.21. The lowest BCUT2D eigenvalue weighted by atomic mass is 10.1. The summed E-state index contributed by atoms with van der Waals surface area (Å²) in [7, 11) is 1.46. The number of fused-ring (bicyclic) bond motifs is 1. The summed E-state index contributed by atoms with van der Waals surface area (Å²) in [5.74, 6) is 0.00818. The van der Waals surface area contributed by atoms with Crippen LogP contribution < -0.4 is 9.47 Å². The standard InChI is InChI=1S/C21H17F3O2/c1-3-4-15-11-14-5-8-19(12-16(14)13-20(15)22)26-21(23,24)17-6-9-18(25-2)10-7-17/h3-13H,1-2H3/b4-3+. The van der Waals surface area contributed by atoms with Crippen molar-refractivity contribution in [3.05, 3.63) is 77.6 Å². The number of methoxy groups -OCH3 is 1. The first kappa shape index (κ1) is 17.9. The molecule has 26 heavy (non-hydrogen) atoms. The second-order valence-corrected chi connectivity index (χ2v) is 5.73. The molecule has 0 bridgehead atoms. The monoisotopic (exact) mass is 358 g/mol. The second-order valence-electron chi connectivity index (χ2n) is 5.73. The van der Waals surface area contributed by atoms with Gasteiger partial charge in [0.2, 0.25) is 0 Å². The van der Waals surface area contributed by atoms with Crippen molar-refractivity contribution in [2.45, 2.75) is 13.0 Å². The third-order valence-electron chi connectivity index (χ3n) is 3.95. The van der Waals surface area contributed by atoms with Gasteiger partial charge in [0.15, 0.2) is 0 Å². The van der Waals surface area contributed by atoms with Gasteiger partial charge in [0.25, 0.3) is 0 Å². The van der Waals surface area contributed by atoms with Crippen LogP contribution in [0.15, 0.2) is 60.7 Å². The van der Waals surface area contributed by atoms with Gasteiger partial charge in [0.05, 0.1) is 12.7 Å². The first-order valence-corrected chi connectivity index (χ1v) is 8.00. The van der Waals surface area contributed by atoms with Gasteiger partial charge in [-0.05, 0) is 66.2 Å². The summed E-state index contributed by atoms with van der Waals surface area (Å²) in [6, 6.07) is 12.8. The van der Waals surface area contributed by atoms with Gasteiger partial charge in [-0.3, -0.25) is 0 Å². The predicted molar refractivity (Wildman–Crippen MR) is 96.1 cm³/mol. The number of allylic oxidation sites excluding steroid dienone is 1. The van der Waals surface area contributed by atoms with Crippen LogP contribution in [0.1, 0.15) is 18.1 Å². The number of rotatable bonds is 5. The first-order valence-electron chi connectivity index (χ1n) is 8.00. The molecule has 0 radical (unpaired) electrons. The van der Waals surface area contributed by atoms with E-state index in [4.69, 9.17) is 9.47 Å². The van der Waals surface area contributed by atoms with E-state index in [1.165, 1.54) is 49.6 Å². The Balaban J connectivity index is 1.90. The summed E-state index contributed by atoms with van der Waals surface area (Å²) in [4.78, 5) is 0. The van der Waals surface area contributed by atoms with E-state index in [-0.39, 0.29) is 11.3 Å². The molecule has 0 aliphatic carbocycles. The summed E-state index contributed by atoms with van der Waals surface area (Å²) in [5.41, 5.74) is 0.144. The second kappa shape index (κ2) is 7.12. The van der Waals surface area contributed by atoms with Crippen LogP contribution in [0.25, 0.3) is 16.8 Å². The molecule has 5 heteroatoms. The minimum Gasteiger partial charge on any atom is -0.497 e. The maximum Gasteiger partial charge on any atom is 0.426 e. The highest BCUT2D eigenvalue weighted by Crippen LogP contribution is 2.34. The van der Waals surface area contributed by atoms with E-state index in [1.807, 2.05) is 0 Å². The van der Waals surface area contributed by atoms with Gasteiger partial charge in [-0.25, -0.2) is 4.39 Å². The molecular weight excluding hydrogens is 341 g/mol. The van der Waals surface area contributed by atoms with Crippen molar-refractivity contribution in [1.29, 1.82) is 0 Å². The highest BCUT2D eigenvalue weighted by molar-refractivity contribution is 5.86. The molecule has 0 atom stereocenters. The molecule has 134 valence electrons. The molecule has 3 aromatic rings. The van der Waals surface area contributed by atoms with Crippen LogP contribution in [0, 0.1) is 5.82 Å². The molecule has 0 saturated carbocycles. The van der Waals surface area contributed by atoms with E-state index in [1.54, 1.807) is 31.2 Å².